The molecule has 5 N–H and O–H groups in total. The Morgan fingerprint density at radius 2 is 1.78 bits per heavy atom. The van der Waals surface area contributed by atoms with Crippen LogP contribution in [0, 0.1) is 5.41 Å². The van der Waals surface area contributed by atoms with E-state index in [1.807, 2.05) is 20.8 Å². The molecule has 1 fully saturated rings. The summed E-state index contributed by atoms with van der Waals surface area (Å²) in [5, 5.41) is 33.2. The minimum absolute atomic E-state index is 0.00617. The van der Waals surface area contributed by atoms with E-state index in [-0.39, 0.29) is 47.4 Å². The molecule has 0 radical (unpaired) electrons. The van der Waals surface area contributed by atoms with Gasteiger partial charge >= 0.3 is 0 Å². The van der Waals surface area contributed by atoms with Crippen LogP contribution in [0.5, 0.6) is 5.88 Å². The zero-order valence-electron chi connectivity index (χ0n) is 21.5. The van der Waals surface area contributed by atoms with Crippen LogP contribution in [0.3, 0.4) is 0 Å². The number of fused-ring (bicyclic) bond motifs is 1. The largest absolute Gasteiger partial charge is 0.492 e. The minimum Gasteiger partial charge on any atom is -0.492 e. The Labute approximate surface area is 212 Å². The smallest absolute Gasteiger partial charge is 0.271 e. The molecule has 0 unspecified atom stereocenters. The lowest BCUT2D eigenvalue weighted by atomic mass is 9.97. The number of carbonyl (C=O) groups is 2. The van der Waals surface area contributed by atoms with E-state index in [4.69, 9.17) is 0 Å². The number of nitrogens with one attached hydrogen (secondary N) is 3. The van der Waals surface area contributed by atoms with Gasteiger partial charge in [-0.15, -0.1) is 5.10 Å². The maximum Gasteiger partial charge on any atom is 0.271 e. The first kappa shape index (κ1) is 26.1. The second kappa shape index (κ2) is 9.47. The van der Waals surface area contributed by atoms with Gasteiger partial charge in [-0.05, 0) is 32.1 Å². The van der Waals surface area contributed by atoms with Crippen molar-refractivity contribution in [2.45, 2.75) is 65.6 Å². The molecule has 4 rings (SSSR count). The molecule has 0 aliphatic heterocycles. The predicted molar refractivity (Wildman–Crippen MR) is 135 cm³/mol. The van der Waals surface area contributed by atoms with Gasteiger partial charge in [-0.2, -0.15) is 4.52 Å². The summed E-state index contributed by atoms with van der Waals surface area (Å²) >= 11 is 0. The third kappa shape index (κ3) is 6.23. The van der Waals surface area contributed by atoms with E-state index >= 15 is 0 Å². The van der Waals surface area contributed by atoms with Crippen LogP contribution >= 0.6 is 0 Å². The molecule has 1 aliphatic carbocycles. The first-order chi connectivity index (χ1) is 17.2. The van der Waals surface area contributed by atoms with Gasteiger partial charge in [-0.1, -0.05) is 20.8 Å². The Bertz CT molecular complexity index is 1390. The van der Waals surface area contributed by atoms with Crippen molar-refractivity contribution in [1.82, 2.24) is 34.8 Å². The first-order valence-electron chi connectivity index (χ1n) is 12.0. The molecule has 2 amide bonds. The number of aliphatic hydroxyl groups is 1. The van der Waals surface area contributed by atoms with Gasteiger partial charge in [0.05, 0.1) is 18.0 Å². The Hall–Kier alpha value is -4.00. The molecule has 0 aromatic carbocycles. The highest BCUT2D eigenvalue weighted by molar-refractivity contribution is 5.96. The zero-order valence-corrected chi connectivity index (χ0v) is 21.5. The van der Waals surface area contributed by atoms with E-state index in [9.17, 15) is 24.6 Å². The Kier molecular flexibility index (Phi) is 6.67. The normalized spacial score (nSPS) is 14.0. The standard InChI is InChI=1S/C24H32N8O5/c1-23(2,3)12-31-17-8-15(29-16-10-25-14(9-26-16)19(33)27-11-24(4,5)37)30-32(17)22(36)18(21(31)35)20(34)28-13-6-7-13/h8-10,13,36-37H,6-7,11-12H2,1-5H3,(H,27,33)(H,28,34)(H,26,29,30). The highest BCUT2D eigenvalue weighted by Gasteiger charge is 2.30. The molecule has 3 aromatic heterocycles. The summed E-state index contributed by atoms with van der Waals surface area (Å²) in [5.41, 5.74) is -1.99. The molecule has 37 heavy (non-hydrogen) atoms. The van der Waals surface area contributed by atoms with Gasteiger partial charge in [0.1, 0.15) is 17.2 Å². The van der Waals surface area contributed by atoms with Crippen LogP contribution < -0.4 is 21.5 Å². The second-order valence-corrected chi connectivity index (χ2v) is 11.1. The van der Waals surface area contributed by atoms with Crippen molar-refractivity contribution >= 4 is 29.1 Å². The summed E-state index contributed by atoms with van der Waals surface area (Å²) in [4.78, 5) is 46.6. The second-order valence-electron chi connectivity index (χ2n) is 11.1. The fourth-order valence-corrected chi connectivity index (χ4v) is 3.56. The molecule has 198 valence electrons. The average molecular weight is 513 g/mol. The summed E-state index contributed by atoms with van der Waals surface area (Å²) in [6, 6.07) is 1.56. The molecule has 1 saturated carbocycles. The van der Waals surface area contributed by atoms with Gasteiger partial charge in [0.25, 0.3) is 17.4 Å². The van der Waals surface area contributed by atoms with Gasteiger partial charge in [-0.25, -0.2) is 9.97 Å². The van der Waals surface area contributed by atoms with Crippen molar-refractivity contribution in [2.24, 2.45) is 5.41 Å². The number of aromatic hydroxyl groups is 1. The maximum atomic E-state index is 13.3. The first-order valence-corrected chi connectivity index (χ1v) is 12.0. The lowest BCUT2D eigenvalue weighted by Gasteiger charge is -2.21. The number of nitrogens with zero attached hydrogens (tertiary/aromatic N) is 5. The van der Waals surface area contributed by atoms with Gasteiger partial charge in [-0.3, -0.25) is 19.0 Å². The summed E-state index contributed by atoms with van der Waals surface area (Å²) in [6.07, 6.45) is 4.27. The average Bonchev–Trinajstić information content (AvgIpc) is 3.50. The van der Waals surface area contributed by atoms with Crippen LogP contribution in [-0.2, 0) is 6.54 Å². The number of hydrogen-bond donors (Lipinski definition) is 5. The molecule has 13 heteroatoms. The SMILES string of the molecule is CC(C)(C)Cn1c(=O)c(C(=O)NC2CC2)c(O)n2nc(Nc3cnc(C(=O)NCC(C)(C)O)cn3)cc12. The molecule has 3 aromatic rings. The van der Waals surface area contributed by atoms with E-state index in [1.54, 1.807) is 19.9 Å². The zero-order chi connectivity index (χ0) is 27.1. The van der Waals surface area contributed by atoms with Crippen LogP contribution in [0.15, 0.2) is 23.3 Å². The van der Waals surface area contributed by atoms with Crippen LogP contribution in [-0.4, -0.2) is 64.4 Å². The fourth-order valence-electron chi connectivity index (χ4n) is 3.56. The number of rotatable bonds is 8. The van der Waals surface area contributed by atoms with E-state index in [0.29, 0.717) is 5.65 Å². The lowest BCUT2D eigenvalue weighted by molar-refractivity contribution is 0.0691. The highest BCUT2D eigenvalue weighted by atomic mass is 16.3. The van der Waals surface area contributed by atoms with Crippen molar-refractivity contribution in [2.75, 3.05) is 11.9 Å². The number of anilines is 2. The molecular weight excluding hydrogens is 480 g/mol. The van der Waals surface area contributed by atoms with E-state index in [1.165, 1.54) is 17.0 Å². The molecule has 13 nitrogen and oxygen atoms in total. The van der Waals surface area contributed by atoms with Gasteiger partial charge in [0, 0.05) is 25.2 Å². The Morgan fingerprint density at radius 1 is 1.08 bits per heavy atom. The summed E-state index contributed by atoms with van der Waals surface area (Å²) < 4.78 is 2.56. The summed E-state index contributed by atoms with van der Waals surface area (Å²) in [7, 11) is 0. The van der Waals surface area contributed by atoms with Crippen molar-refractivity contribution in [3.63, 3.8) is 0 Å². The highest BCUT2D eigenvalue weighted by Crippen LogP contribution is 2.25. The number of hydrogen-bond acceptors (Lipinski definition) is 9. The molecular formula is C24H32N8O5. The monoisotopic (exact) mass is 512 g/mol. The molecule has 1 aliphatic rings. The topological polar surface area (TPSA) is 176 Å². The third-order valence-corrected chi connectivity index (χ3v) is 5.44. The van der Waals surface area contributed by atoms with Crippen LogP contribution in [0.25, 0.3) is 5.65 Å². The molecule has 3 heterocycles. The van der Waals surface area contributed by atoms with Gasteiger partial charge in [0.2, 0.25) is 5.88 Å². The molecule has 0 atom stereocenters. The maximum absolute atomic E-state index is 13.3. The molecule has 0 saturated heterocycles. The van der Waals surface area contributed by atoms with Crippen LogP contribution in [0.4, 0.5) is 11.6 Å². The third-order valence-electron chi connectivity index (χ3n) is 5.44. The van der Waals surface area contributed by atoms with Crippen molar-refractivity contribution < 1.29 is 19.8 Å². The quantitative estimate of drug-likeness (QED) is 0.297. The van der Waals surface area contributed by atoms with Crippen molar-refractivity contribution in [3.05, 3.63) is 40.1 Å². The van der Waals surface area contributed by atoms with Crippen LogP contribution in [0.2, 0.25) is 0 Å². The number of amides is 2. The predicted octanol–water partition coefficient (Wildman–Crippen LogP) is 1.17. The van der Waals surface area contributed by atoms with Gasteiger partial charge in [0.15, 0.2) is 11.4 Å². The van der Waals surface area contributed by atoms with E-state index in [2.05, 4.69) is 31.0 Å². The lowest BCUT2D eigenvalue weighted by Crippen LogP contribution is -2.38. The molecule has 0 bridgehead atoms. The summed E-state index contributed by atoms with van der Waals surface area (Å²) in [6.45, 7) is 9.34. The van der Waals surface area contributed by atoms with Crippen molar-refractivity contribution in [3.8, 4) is 5.88 Å². The Morgan fingerprint density at radius 3 is 2.35 bits per heavy atom. The van der Waals surface area contributed by atoms with E-state index in [0.717, 1.165) is 17.4 Å². The van der Waals surface area contributed by atoms with Gasteiger partial charge < -0.3 is 26.2 Å². The summed E-state index contributed by atoms with van der Waals surface area (Å²) in [5.74, 6) is -1.17. The Balaban J connectivity index is 1.64. The van der Waals surface area contributed by atoms with Crippen LogP contribution in [0.1, 0.15) is 68.3 Å². The molecule has 0 spiro atoms. The fraction of sp³-hybridized carbons (Fsp3) is 0.500. The minimum atomic E-state index is -1.06. The number of aromatic nitrogens is 5. The van der Waals surface area contributed by atoms with Crippen molar-refractivity contribution in [1.29, 1.82) is 0 Å². The number of carbonyl (C=O) groups excluding carboxylic acids is 2. The van der Waals surface area contributed by atoms with E-state index < -0.39 is 28.9 Å².